The standard InChI is InChI=1S/C32H33N5O3S/c1-20-10-9-11-23(18-20)34-28(38)15-17-36-30(29(35-32(36)41)26-13-7-8-16-33-26)25-19-21(2)37(22(25)3)27-14-6-5-12-24(27)31(39)40-4/h5-14,16,18-19,29-30H,15,17H2,1-4H3,(H,34,38)(H,35,41). The Hall–Kier alpha value is -4.50. The number of methoxy groups -OCH3 is 1. The average molecular weight is 568 g/mol. The lowest BCUT2D eigenvalue weighted by molar-refractivity contribution is -0.116. The molecule has 0 aliphatic carbocycles. The first-order chi connectivity index (χ1) is 19.8. The molecule has 2 aromatic carbocycles. The molecule has 0 spiro atoms. The molecule has 8 nitrogen and oxygen atoms in total. The number of anilines is 1. The average Bonchev–Trinajstić information content (AvgIpc) is 3.45. The van der Waals surface area contributed by atoms with Crippen LogP contribution in [0.1, 0.15) is 57.1 Å². The number of nitrogens with zero attached hydrogens (tertiary/aromatic N) is 3. The summed E-state index contributed by atoms with van der Waals surface area (Å²) < 4.78 is 7.13. The van der Waals surface area contributed by atoms with Crippen molar-refractivity contribution < 1.29 is 14.3 Å². The van der Waals surface area contributed by atoms with Crippen LogP contribution >= 0.6 is 12.2 Å². The molecule has 0 saturated carbocycles. The summed E-state index contributed by atoms with van der Waals surface area (Å²) in [5.41, 5.74) is 6.88. The Balaban J connectivity index is 1.51. The number of hydrogen-bond acceptors (Lipinski definition) is 5. The minimum atomic E-state index is -0.397. The van der Waals surface area contributed by atoms with E-state index in [0.29, 0.717) is 17.2 Å². The van der Waals surface area contributed by atoms with Crippen LogP contribution in [0.4, 0.5) is 5.69 Å². The summed E-state index contributed by atoms with van der Waals surface area (Å²) in [4.78, 5) is 32.3. The second-order valence-corrected chi connectivity index (χ2v) is 10.5. The number of ether oxygens (including phenoxy) is 1. The number of pyridine rings is 1. The van der Waals surface area contributed by atoms with Crippen molar-refractivity contribution >= 4 is 34.9 Å². The number of hydrogen-bond donors (Lipinski definition) is 2. The fraction of sp³-hybridized carbons (Fsp3) is 0.250. The number of benzene rings is 2. The van der Waals surface area contributed by atoms with Crippen molar-refractivity contribution in [3.05, 3.63) is 113 Å². The van der Waals surface area contributed by atoms with E-state index < -0.39 is 5.97 Å². The lowest BCUT2D eigenvalue weighted by atomic mass is 9.96. The number of aromatic nitrogens is 2. The van der Waals surface area contributed by atoms with E-state index in [9.17, 15) is 9.59 Å². The Bertz CT molecular complexity index is 1600. The summed E-state index contributed by atoms with van der Waals surface area (Å²) in [6, 6.07) is 22.6. The number of para-hydroxylation sites is 1. The topological polar surface area (TPSA) is 88.5 Å². The van der Waals surface area contributed by atoms with Gasteiger partial charge in [0.05, 0.1) is 36.1 Å². The molecule has 5 rings (SSSR count). The van der Waals surface area contributed by atoms with Crippen LogP contribution in [0.3, 0.4) is 0 Å². The number of carbonyl (C=O) groups is 2. The van der Waals surface area contributed by atoms with E-state index in [1.165, 1.54) is 7.11 Å². The number of amides is 1. The van der Waals surface area contributed by atoms with E-state index in [-0.39, 0.29) is 24.4 Å². The largest absolute Gasteiger partial charge is 0.465 e. The predicted octanol–water partition coefficient (Wildman–Crippen LogP) is 5.59. The SMILES string of the molecule is COC(=O)c1ccccc1-n1c(C)cc(C2C(c3ccccn3)NC(=S)N2CCC(=O)Nc2cccc(C)c2)c1C. The molecule has 1 saturated heterocycles. The van der Waals surface area contributed by atoms with Crippen LogP contribution in [0, 0.1) is 20.8 Å². The third-order valence-electron chi connectivity index (χ3n) is 7.42. The zero-order chi connectivity index (χ0) is 29.1. The van der Waals surface area contributed by atoms with Gasteiger partial charge in [0.15, 0.2) is 5.11 Å². The van der Waals surface area contributed by atoms with Gasteiger partial charge in [-0.15, -0.1) is 0 Å². The lowest BCUT2D eigenvalue weighted by Crippen LogP contribution is -2.33. The quantitative estimate of drug-likeness (QED) is 0.212. The van der Waals surface area contributed by atoms with E-state index in [1.54, 1.807) is 12.3 Å². The van der Waals surface area contributed by atoms with Crippen molar-refractivity contribution in [1.29, 1.82) is 0 Å². The van der Waals surface area contributed by atoms with Gasteiger partial charge in [0.1, 0.15) is 0 Å². The highest BCUT2D eigenvalue weighted by Crippen LogP contribution is 2.41. The van der Waals surface area contributed by atoms with Crippen LogP contribution in [0.5, 0.6) is 0 Å². The number of esters is 1. The Labute approximate surface area is 245 Å². The maximum atomic E-state index is 13.0. The first kappa shape index (κ1) is 28.0. The summed E-state index contributed by atoms with van der Waals surface area (Å²) in [5, 5.41) is 7.03. The van der Waals surface area contributed by atoms with E-state index in [0.717, 1.165) is 39.6 Å². The molecule has 210 valence electrons. The fourth-order valence-electron chi connectivity index (χ4n) is 5.56. The van der Waals surface area contributed by atoms with Crippen molar-refractivity contribution in [2.45, 2.75) is 39.3 Å². The molecule has 2 unspecified atom stereocenters. The highest BCUT2D eigenvalue weighted by molar-refractivity contribution is 7.80. The number of thiocarbonyl (C=S) groups is 1. The van der Waals surface area contributed by atoms with Gasteiger partial charge in [-0.2, -0.15) is 0 Å². The maximum absolute atomic E-state index is 13.0. The van der Waals surface area contributed by atoms with Gasteiger partial charge >= 0.3 is 5.97 Å². The van der Waals surface area contributed by atoms with Crippen LogP contribution in [-0.2, 0) is 9.53 Å². The molecule has 0 radical (unpaired) electrons. The van der Waals surface area contributed by atoms with E-state index in [4.69, 9.17) is 17.0 Å². The Morgan fingerprint density at radius 3 is 2.54 bits per heavy atom. The first-order valence-electron chi connectivity index (χ1n) is 13.5. The third-order valence-corrected chi connectivity index (χ3v) is 7.77. The van der Waals surface area contributed by atoms with Crippen LogP contribution in [-0.4, -0.2) is 45.1 Å². The van der Waals surface area contributed by atoms with Gasteiger partial charge in [-0.25, -0.2) is 4.79 Å². The monoisotopic (exact) mass is 567 g/mol. The highest BCUT2D eigenvalue weighted by atomic mass is 32.1. The van der Waals surface area contributed by atoms with Crippen molar-refractivity contribution in [1.82, 2.24) is 19.8 Å². The third kappa shape index (κ3) is 5.71. The molecule has 2 aromatic heterocycles. The zero-order valence-corrected chi connectivity index (χ0v) is 24.4. The van der Waals surface area contributed by atoms with Gasteiger partial charge in [0, 0.05) is 36.2 Å². The minimum Gasteiger partial charge on any atom is -0.465 e. The van der Waals surface area contributed by atoms with Gasteiger partial charge in [-0.3, -0.25) is 9.78 Å². The molecule has 1 aliphatic rings. The van der Waals surface area contributed by atoms with Crippen molar-refractivity contribution in [2.24, 2.45) is 0 Å². The van der Waals surface area contributed by atoms with Crippen molar-refractivity contribution in [2.75, 3.05) is 19.0 Å². The van der Waals surface area contributed by atoms with Gasteiger partial charge in [0.2, 0.25) is 5.91 Å². The molecular weight excluding hydrogens is 534 g/mol. The molecule has 1 amide bonds. The summed E-state index contributed by atoms with van der Waals surface area (Å²) in [5.74, 6) is -0.484. The molecule has 1 aliphatic heterocycles. The van der Waals surface area contributed by atoms with E-state index in [2.05, 4.69) is 31.2 Å². The van der Waals surface area contributed by atoms with Gasteiger partial charge in [-0.1, -0.05) is 30.3 Å². The lowest BCUT2D eigenvalue weighted by Gasteiger charge is -2.28. The number of nitrogens with one attached hydrogen (secondary N) is 2. The number of carbonyl (C=O) groups excluding carboxylic acids is 2. The predicted molar refractivity (Wildman–Crippen MR) is 163 cm³/mol. The van der Waals surface area contributed by atoms with Crippen LogP contribution in [0.25, 0.3) is 5.69 Å². The number of aryl methyl sites for hydroxylation is 2. The Morgan fingerprint density at radius 1 is 1.02 bits per heavy atom. The first-order valence-corrected chi connectivity index (χ1v) is 13.9. The second kappa shape index (κ2) is 11.9. The highest BCUT2D eigenvalue weighted by Gasteiger charge is 2.41. The van der Waals surface area contributed by atoms with Crippen LogP contribution in [0.15, 0.2) is 79.0 Å². The smallest absolute Gasteiger partial charge is 0.339 e. The van der Waals surface area contributed by atoms with Gasteiger partial charge in [0.25, 0.3) is 0 Å². The summed E-state index contributed by atoms with van der Waals surface area (Å²) in [6.07, 6.45) is 2.02. The molecular formula is C32H33N5O3S. The summed E-state index contributed by atoms with van der Waals surface area (Å²) in [7, 11) is 1.38. The fourth-order valence-corrected chi connectivity index (χ4v) is 5.89. The van der Waals surface area contributed by atoms with Gasteiger partial charge < -0.3 is 24.8 Å². The molecule has 3 heterocycles. The van der Waals surface area contributed by atoms with Crippen LogP contribution in [0.2, 0.25) is 0 Å². The molecule has 1 fully saturated rings. The molecule has 2 N–H and O–H groups in total. The number of rotatable bonds is 8. The molecule has 4 aromatic rings. The Morgan fingerprint density at radius 2 is 1.80 bits per heavy atom. The van der Waals surface area contributed by atoms with Crippen molar-refractivity contribution in [3.8, 4) is 5.69 Å². The molecule has 9 heteroatoms. The molecule has 2 atom stereocenters. The van der Waals surface area contributed by atoms with E-state index in [1.807, 2.05) is 81.4 Å². The van der Waals surface area contributed by atoms with Crippen LogP contribution < -0.4 is 10.6 Å². The molecule has 0 bridgehead atoms. The van der Waals surface area contributed by atoms with Crippen molar-refractivity contribution in [3.63, 3.8) is 0 Å². The Kier molecular flexibility index (Phi) is 8.16. The summed E-state index contributed by atoms with van der Waals surface area (Å²) >= 11 is 5.83. The zero-order valence-electron chi connectivity index (χ0n) is 23.5. The molecule has 41 heavy (non-hydrogen) atoms. The summed E-state index contributed by atoms with van der Waals surface area (Å²) in [6.45, 7) is 6.46. The van der Waals surface area contributed by atoms with Gasteiger partial charge in [-0.05, 0) is 86.6 Å². The van der Waals surface area contributed by atoms with E-state index >= 15 is 0 Å². The maximum Gasteiger partial charge on any atom is 0.339 e. The second-order valence-electron chi connectivity index (χ2n) is 10.2. The minimum absolute atomic E-state index is 0.0871. The normalized spacial score (nSPS) is 16.4.